The molecule has 2 rings (SSSR count). The summed E-state index contributed by atoms with van der Waals surface area (Å²) >= 11 is 3.49. The first-order valence-electron chi connectivity index (χ1n) is 4.19. The molecule has 1 unspecified atom stereocenters. The number of H-pyrrole nitrogens is 1. The number of hydrogen-bond acceptors (Lipinski definition) is 2. The fraction of sp³-hybridized carbons (Fsp3) is 0.500. The molecule has 0 saturated carbocycles. The van der Waals surface area contributed by atoms with Crippen molar-refractivity contribution in [2.45, 2.75) is 11.2 Å². The predicted molar refractivity (Wildman–Crippen MR) is 51.8 cm³/mol. The molecule has 1 atom stereocenters. The summed E-state index contributed by atoms with van der Waals surface area (Å²) in [5.41, 5.74) is 0.640. The van der Waals surface area contributed by atoms with Crippen LogP contribution in [0.2, 0.25) is 0 Å². The molecule has 1 fully saturated rings. The molecule has 1 saturated heterocycles. The van der Waals surface area contributed by atoms with Gasteiger partial charge < -0.3 is 4.90 Å². The molecule has 70 valence electrons. The Labute approximate surface area is 84.4 Å². The number of likely N-dealkylation sites (tertiary alicyclic amines) is 1. The topological polar surface area (TPSA) is 49.0 Å². The van der Waals surface area contributed by atoms with Crippen molar-refractivity contribution in [1.29, 1.82) is 0 Å². The summed E-state index contributed by atoms with van der Waals surface area (Å²) in [6.07, 6.45) is 4.22. The Morgan fingerprint density at radius 1 is 1.77 bits per heavy atom. The lowest BCUT2D eigenvalue weighted by atomic mass is 10.3. The summed E-state index contributed by atoms with van der Waals surface area (Å²) in [6, 6.07) is 0. The van der Waals surface area contributed by atoms with Gasteiger partial charge in [0.1, 0.15) is 0 Å². The summed E-state index contributed by atoms with van der Waals surface area (Å²) in [7, 11) is 0. The number of aromatic nitrogens is 2. The molecule has 13 heavy (non-hydrogen) atoms. The Balaban J connectivity index is 2.06. The molecule has 0 spiro atoms. The van der Waals surface area contributed by atoms with Crippen LogP contribution in [0.25, 0.3) is 0 Å². The van der Waals surface area contributed by atoms with E-state index < -0.39 is 0 Å². The van der Waals surface area contributed by atoms with Crippen molar-refractivity contribution in [3.63, 3.8) is 0 Å². The monoisotopic (exact) mass is 243 g/mol. The lowest BCUT2D eigenvalue weighted by Gasteiger charge is -2.13. The zero-order valence-electron chi connectivity index (χ0n) is 7.03. The molecule has 1 N–H and O–H groups in total. The van der Waals surface area contributed by atoms with E-state index in [1.165, 1.54) is 0 Å². The Kier molecular flexibility index (Phi) is 2.35. The maximum atomic E-state index is 11.7. The predicted octanol–water partition coefficient (Wildman–Crippen LogP) is 1.02. The molecule has 5 heteroatoms. The van der Waals surface area contributed by atoms with Crippen LogP contribution in [-0.2, 0) is 0 Å². The van der Waals surface area contributed by atoms with Crippen LogP contribution in [0, 0.1) is 0 Å². The van der Waals surface area contributed by atoms with E-state index in [0.29, 0.717) is 10.4 Å². The quantitative estimate of drug-likeness (QED) is 0.750. The van der Waals surface area contributed by atoms with Gasteiger partial charge in [0.2, 0.25) is 0 Å². The van der Waals surface area contributed by atoms with Gasteiger partial charge in [-0.2, -0.15) is 5.10 Å². The maximum Gasteiger partial charge on any atom is 0.257 e. The van der Waals surface area contributed by atoms with E-state index in [0.717, 1.165) is 19.5 Å². The molecule has 1 aromatic rings. The summed E-state index contributed by atoms with van der Waals surface area (Å²) in [4.78, 5) is 14.0. The summed E-state index contributed by atoms with van der Waals surface area (Å²) in [5.74, 6) is 0.0655. The average molecular weight is 244 g/mol. The first kappa shape index (κ1) is 8.74. The van der Waals surface area contributed by atoms with Crippen molar-refractivity contribution in [3.8, 4) is 0 Å². The van der Waals surface area contributed by atoms with Crippen LogP contribution in [0.4, 0.5) is 0 Å². The van der Waals surface area contributed by atoms with E-state index in [1.54, 1.807) is 12.4 Å². The molecule has 4 nitrogen and oxygen atoms in total. The first-order chi connectivity index (χ1) is 6.27. The Morgan fingerprint density at radius 3 is 3.15 bits per heavy atom. The molecule has 0 aliphatic carbocycles. The molecule has 0 radical (unpaired) electrons. The number of aromatic amines is 1. The van der Waals surface area contributed by atoms with Gasteiger partial charge in [0.15, 0.2) is 0 Å². The highest BCUT2D eigenvalue weighted by Crippen LogP contribution is 2.18. The number of rotatable bonds is 1. The third-order valence-electron chi connectivity index (χ3n) is 2.16. The lowest BCUT2D eigenvalue weighted by Crippen LogP contribution is -2.28. The van der Waals surface area contributed by atoms with Gasteiger partial charge in [0.25, 0.3) is 5.91 Å². The fourth-order valence-electron chi connectivity index (χ4n) is 1.45. The van der Waals surface area contributed by atoms with Crippen LogP contribution < -0.4 is 0 Å². The minimum Gasteiger partial charge on any atom is -0.337 e. The molecule has 1 amide bonds. The number of alkyl halides is 1. The largest absolute Gasteiger partial charge is 0.337 e. The second-order valence-electron chi connectivity index (χ2n) is 3.12. The molecular weight excluding hydrogens is 234 g/mol. The van der Waals surface area contributed by atoms with Gasteiger partial charge >= 0.3 is 0 Å². The van der Waals surface area contributed by atoms with E-state index in [9.17, 15) is 4.79 Å². The second kappa shape index (κ2) is 3.49. The zero-order chi connectivity index (χ0) is 9.26. The number of nitrogens with zero attached hydrogens (tertiary/aromatic N) is 2. The SMILES string of the molecule is O=C(c1cn[nH]c1)N1CCC(Br)C1. The minimum absolute atomic E-state index is 0.0655. The highest BCUT2D eigenvalue weighted by Gasteiger charge is 2.25. The Bertz CT molecular complexity index is 298. The summed E-state index contributed by atoms with van der Waals surface area (Å²) in [6.45, 7) is 1.63. The third kappa shape index (κ3) is 1.75. The highest BCUT2D eigenvalue weighted by atomic mass is 79.9. The third-order valence-corrected chi connectivity index (χ3v) is 2.91. The van der Waals surface area contributed by atoms with Gasteiger partial charge in [0.05, 0.1) is 11.8 Å². The maximum absolute atomic E-state index is 11.7. The van der Waals surface area contributed by atoms with Gasteiger partial charge in [0, 0.05) is 24.1 Å². The standard InChI is InChI=1S/C8H10BrN3O/c9-7-1-2-12(5-7)8(13)6-3-10-11-4-6/h3-4,7H,1-2,5H2,(H,10,11). The van der Waals surface area contributed by atoms with Gasteiger partial charge in [-0.05, 0) is 6.42 Å². The number of carbonyl (C=O) groups is 1. The molecule has 1 aliphatic rings. The van der Waals surface area contributed by atoms with Crippen LogP contribution in [0.15, 0.2) is 12.4 Å². The van der Waals surface area contributed by atoms with E-state index >= 15 is 0 Å². The van der Waals surface area contributed by atoms with Crippen LogP contribution in [0.3, 0.4) is 0 Å². The normalized spacial score (nSPS) is 22.2. The smallest absolute Gasteiger partial charge is 0.257 e. The summed E-state index contributed by atoms with van der Waals surface area (Å²) in [5, 5.41) is 6.39. The van der Waals surface area contributed by atoms with E-state index in [2.05, 4.69) is 26.1 Å². The molecule has 1 aromatic heterocycles. The highest BCUT2D eigenvalue weighted by molar-refractivity contribution is 9.09. The van der Waals surface area contributed by atoms with Gasteiger partial charge in [-0.15, -0.1) is 0 Å². The molecule has 2 heterocycles. The van der Waals surface area contributed by atoms with E-state index in [1.807, 2.05) is 4.90 Å². The fourth-order valence-corrected chi connectivity index (χ4v) is 2.01. The van der Waals surface area contributed by atoms with Crippen molar-refractivity contribution in [3.05, 3.63) is 18.0 Å². The number of halogens is 1. The van der Waals surface area contributed by atoms with Crippen LogP contribution >= 0.6 is 15.9 Å². The van der Waals surface area contributed by atoms with E-state index in [4.69, 9.17) is 0 Å². The Hall–Kier alpha value is -0.840. The van der Waals surface area contributed by atoms with E-state index in [-0.39, 0.29) is 5.91 Å². The molecule has 0 aromatic carbocycles. The molecule has 1 aliphatic heterocycles. The van der Waals surface area contributed by atoms with Crippen LogP contribution in [-0.4, -0.2) is 38.9 Å². The van der Waals surface area contributed by atoms with Crippen molar-refractivity contribution < 1.29 is 4.79 Å². The van der Waals surface area contributed by atoms with Gasteiger partial charge in [-0.25, -0.2) is 0 Å². The van der Waals surface area contributed by atoms with Crippen LogP contribution in [0.1, 0.15) is 16.8 Å². The van der Waals surface area contributed by atoms with Gasteiger partial charge in [-0.1, -0.05) is 15.9 Å². The zero-order valence-corrected chi connectivity index (χ0v) is 8.62. The molecule has 0 bridgehead atoms. The van der Waals surface area contributed by atoms with Gasteiger partial charge in [-0.3, -0.25) is 9.89 Å². The van der Waals surface area contributed by atoms with Crippen molar-refractivity contribution >= 4 is 21.8 Å². The van der Waals surface area contributed by atoms with Crippen molar-refractivity contribution in [1.82, 2.24) is 15.1 Å². The minimum atomic E-state index is 0.0655. The second-order valence-corrected chi connectivity index (χ2v) is 4.42. The number of hydrogen-bond donors (Lipinski definition) is 1. The molecular formula is C8H10BrN3O. The lowest BCUT2D eigenvalue weighted by molar-refractivity contribution is 0.0793. The first-order valence-corrected chi connectivity index (χ1v) is 5.11. The average Bonchev–Trinajstić information content (AvgIpc) is 2.72. The van der Waals surface area contributed by atoms with Crippen molar-refractivity contribution in [2.75, 3.05) is 13.1 Å². The Morgan fingerprint density at radius 2 is 2.62 bits per heavy atom. The van der Waals surface area contributed by atoms with Crippen molar-refractivity contribution in [2.24, 2.45) is 0 Å². The summed E-state index contributed by atoms with van der Waals surface area (Å²) < 4.78 is 0. The van der Waals surface area contributed by atoms with Crippen LogP contribution in [0.5, 0.6) is 0 Å². The number of carbonyl (C=O) groups excluding carboxylic acids is 1. The number of nitrogens with one attached hydrogen (secondary N) is 1. The number of amides is 1.